The Hall–Kier alpha value is -1.91. The third kappa shape index (κ3) is 7.25. The summed E-state index contributed by atoms with van der Waals surface area (Å²) in [5.41, 5.74) is 2.08. The predicted molar refractivity (Wildman–Crippen MR) is 115 cm³/mol. The Kier molecular flexibility index (Phi) is 8.79. The smallest absolute Gasteiger partial charge is 0.120 e. The lowest BCUT2D eigenvalue weighted by Gasteiger charge is -2.26. The van der Waals surface area contributed by atoms with Crippen LogP contribution < -0.4 is 0 Å². The molecule has 1 aromatic heterocycles. The molecule has 0 bridgehead atoms. The standard InChI is InChI=1S/C24H35N3O/c28-24-14-5-4-12-22(24)20-27(21-23-13-6-7-15-25-23)19-9-2-1-8-16-26-17-10-3-11-18-26/h4-7,12-15,28H,1-3,8-11,16-21H2. The number of phenolic OH excluding ortho intramolecular Hbond substituents is 1. The molecule has 3 rings (SSSR count). The number of nitrogens with zero attached hydrogens (tertiary/aromatic N) is 3. The number of hydrogen-bond acceptors (Lipinski definition) is 4. The molecule has 2 heterocycles. The summed E-state index contributed by atoms with van der Waals surface area (Å²) in [5.74, 6) is 0.384. The fraction of sp³-hybridized carbons (Fsp3) is 0.542. The van der Waals surface area contributed by atoms with Crippen LogP contribution in [0.15, 0.2) is 48.7 Å². The highest BCUT2D eigenvalue weighted by Crippen LogP contribution is 2.19. The van der Waals surface area contributed by atoms with Crippen molar-refractivity contribution in [1.82, 2.24) is 14.8 Å². The minimum Gasteiger partial charge on any atom is -0.508 e. The topological polar surface area (TPSA) is 39.6 Å². The molecule has 0 unspecified atom stereocenters. The Morgan fingerprint density at radius 3 is 2.43 bits per heavy atom. The van der Waals surface area contributed by atoms with Crippen LogP contribution in [0.4, 0.5) is 0 Å². The van der Waals surface area contributed by atoms with Gasteiger partial charge < -0.3 is 10.0 Å². The zero-order valence-corrected chi connectivity index (χ0v) is 17.1. The normalized spacial score (nSPS) is 15.2. The van der Waals surface area contributed by atoms with E-state index in [4.69, 9.17) is 0 Å². The van der Waals surface area contributed by atoms with Gasteiger partial charge in [-0.05, 0) is 70.1 Å². The Labute approximate surface area is 170 Å². The molecule has 1 fully saturated rings. The van der Waals surface area contributed by atoms with Crippen LogP contribution in [0.2, 0.25) is 0 Å². The lowest BCUT2D eigenvalue weighted by atomic mass is 10.1. The van der Waals surface area contributed by atoms with Crippen LogP contribution in [0, 0.1) is 0 Å². The van der Waals surface area contributed by atoms with Crippen molar-refractivity contribution < 1.29 is 5.11 Å². The third-order valence-electron chi connectivity index (χ3n) is 5.64. The van der Waals surface area contributed by atoms with E-state index in [0.717, 1.165) is 30.9 Å². The summed E-state index contributed by atoms with van der Waals surface area (Å²) >= 11 is 0. The van der Waals surface area contributed by atoms with Crippen molar-refractivity contribution in [2.75, 3.05) is 26.2 Å². The summed E-state index contributed by atoms with van der Waals surface area (Å²) in [6, 6.07) is 13.7. The lowest BCUT2D eigenvalue weighted by molar-refractivity contribution is 0.220. The Balaban J connectivity index is 1.43. The SMILES string of the molecule is Oc1ccccc1CN(CCCCCCN1CCCCC1)Cc1ccccn1. The first-order valence-corrected chi connectivity index (χ1v) is 10.9. The van der Waals surface area contributed by atoms with Gasteiger partial charge in [-0.25, -0.2) is 0 Å². The van der Waals surface area contributed by atoms with Crippen molar-refractivity contribution in [3.05, 3.63) is 59.9 Å². The average Bonchev–Trinajstić information content (AvgIpc) is 2.73. The molecule has 28 heavy (non-hydrogen) atoms. The molecular weight excluding hydrogens is 346 g/mol. The minimum absolute atomic E-state index is 0.384. The number of rotatable bonds is 11. The van der Waals surface area contributed by atoms with Crippen LogP contribution in [0.25, 0.3) is 0 Å². The molecule has 0 aliphatic carbocycles. The highest BCUT2D eigenvalue weighted by atomic mass is 16.3. The van der Waals surface area contributed by atoms with Crippen LogP contribution in [0.5, 0.6) is 5.75 Å². The van der Waals surface area contributed by atoms with E-state index in [9.17, 15) is 5.11 Å². The molecule has 1 aromatic carbocycles. The van der Waals surface area contributed by atoms with E-state index in [1.807, 2.05) is 36.5 Å². The second-order valence-electron chi connectivity index (χ2n) is 7.98. The number of aromatic hydroxyl groups is 1. The summed E-state index contributed by atoms with van der Waals surface area (Å²) < 4.78 is 0. The second-order valence-corrected chi connectivity index (χ2v) is 7.98. The number of unbranched alkanes of at least 4 members (excludes halogenated alkanes) is 3. The first kappa shape index (κ1) is 20.8. The number of phenols is 1. The number of likely N-dealkylation sites (tertiary alicyclic amines) is 1. The van der Waals surface area contributed by atoms with Crippen LogP contribution in [-0.4, -0.2) is 46.1 Å². The van der Waals surface area contributed by atoms with Crippen LogP contribution in [-0.2, 0) is 13.1 Å². The predicted octanol–water partition coefficient (Wildman–Crippen LogP) is 4.84. The fourth-order valence-electron chi connectivity index (χ4n) is 4.03. The maximum Gasteiger partial charge on any atom is 0.120 e. The summed E-state index contributed by atoms with van der Waals surface area (Å²) in [7, 11) is 0. The number of hydrogen-bond donors (Lipinski definition) is 1. The maximum atomic E-state index is 10.1. The number of benzene rings is 1. The molecule has 1 aliphatic heterocycles. The molecule has 0 saturated carbocycles. The zero-order chi connectivity index (χ0) is 19.4. The fourth-order valence-corrected chi connectivity index (χ4v) is 4.03. The van der Waals surface area contributed by atoms with Crippen molar-refractivity contribution in [2.45, 2.75) is 58.0 Å². The van der Waals surface area contributed by atoms with Gasteiger partial charge in [-0.2, -0.15) is 0 Å². The molecule has 4 nitrogen and oxygen atoms in total. The largest absolute Gasteiger partial charge is 0.508 e. The molecule has 1 N–H and O–H groups in total. The number of para-hydroxylation sites is 1. The van der Waals surface area contributed by atoms with Crippen LogP contribution >= 0.6 is 0 Å². The van der Waals surface area contributed by atoms with Gasteiger partial charge in [-0.3, -0.25) is 9.88 Å². The second kappa shape index (κ2) is 11.8. The van der Waals surface area contributed by atoms with Crippen molar-refractivity contribution in [1.29, 1.82) is 0 Å². The van der Waals surface area contributed by atoms with Gasteiger partial charge in [0.15, 0.2) is 0 Å². The molecule has 152 valence electrons. The first-order valence-electron chi connectivity index (χ1n) is 10.9. The Morgan fingerprint density at radius 2 is 1.64 bits per heavy atom. The molecular formula is C24H35N3O. The summed E-state index contributed by atoms with van der Waals surface area (Å²) in [6.07, 6.45) is 11.1. The van der Waals surface area contributed by atoms with Crippen LogP contribution in [0.3, 0.4) is 0 Å². The first-order chi connectivity index (χ1) is 13.8. The van der Waals surface area contributed by atoms with Gasteiger partial charge in [0.25, 0.3) is 0 Å². The molecule has 0 radical (unpaired) electrons. The molecule has 0 spiro atoms. The number of aromatic nitrogens is 1. The van der Waals surface area contributed by atoms with Crippen molar-refractivity contribution in [3.8, 4) is 5.75 Å². The minimum atomic E-state index is 0.384. The van der Waals surface area contributed by atoms with Crippen LogP contribution in [0.1, 0.15) is 56.2 Å². The summed E-state index contributed by atoms with van der Waals surface area (Å²) in [4.78, 5) is 9.52. The highest BCUT2D eigenvalue weighted by Gasteiger charge is 2.11. The van der Waals surface area contributed by atoms with Gasteiger partial charge in [0.2, 0.25) is 0 Å². The van der Waals surface area contributed by atoms with E-state index in [1.54, 1.807) is 6.07 Å². The average molecular weight is 382 g/mol. The summed E-state index contributed by atoms with van der Waals surface area (Å²) in [6.45, 7) is 6.50. The van der Waals surface area contributed by atoms with Gasteiger partial charge in [0.05, 0.1) is 5.69 Å². The van der Waals surface area contributed by atoms with E-state index in [1.165, 1.54) is 64.6 Å². The highest BCUT2D eigenvalue weighted by molar-refractivity contribution is 5.31. The van der Waals surface area contributed by atoms with Gasteiger partial charge >= 0.3 is 0 Å². The van der Waals surface area contributed by atoms with Gasteiger partial charge in [0, 0.05) is 24.8 Å². The quantitative estimate of drug-likeness (QED) is 0.566. The van der Waals surface area contributed by atoms with E-state index in [-0.39, 0.29) is 0 Å². The summed E-state index contributed by atoms with van der Waals surface area (Å²) in [5, 5.41) is 10.1. The van der Waals surface area contributed by atoms with Crippen molar-refractivity contribution >= 4 is 0 Å². The van der Waals surface area contributed by atoms with Gasteiger partial charge in [-0.15, -0.1) is 0 Å². The molecule has 0 atom stereocenters. The van der Waals surface area contributed by atoms with Crippen molar-refractivity contribution in [3.63, 3.8) is 0 Å². The third-order valence-corrected chi connectivity index (χ3v) is 5.64. The molecule has 1 saturated heterocycles. The van der Waals surface area contributed by atoms with Gasteiger partial charge in [-0.1, -0.05) is 43.5 Å². The number of pyridine rings is 1. The maximum absolute atomic E-state index is 10.1. The van der Waals surface area contributed by atoms with E-state index < -0.39 is 0 Å². The Bertz CT molecular complexity index is 671. The van der Waals surface area contributed by atoms with E-state index >= 15 is 0 Å². The monoisotopic (exact) mass is 381 g/mol. The van der Waals surface area contributed by atoms with E-state index in [2.05, 4.69) is 20.9 Å². The lowest BCUT2D eigenvalue weighted by Crippen LogP contribution is -2.30. The Morgan fingerprint density at radius 1 is 0.857 bits per heavy atom. The van der Waals surface area contributed by atoms with Gasteiger partial charge in [0.1, 0.15) is 5.75 Å². The zero-order valence-electron chi connectivity index (χ0n) is 17.1. The molecule has 2 aromatic rings. The number of piperidine rings is 1. The molecule has 4 heteroatoms. The molecule has 1 aliphatic rings. The van der Waals surface area contributed by atoms with E-state index in [0.29, 0.717) is 5.75 Å². The molecule has 0 amide bonds. The van der Waals surface area contributed by atoms with Crippen molar-refractivity contribution in [2.24, 2.45) is 0 Å².